The first kappa shape index (κ1) is 14.0. The summed E-state index contributed by atoms with van der Waals surface area (Å²) in [6.45, 7) is 0. The Morgan fingerprint density at radius 3 is 2.56 bits per heavy atom. The van der Waals surface area contributed by atoms with Crippen molar-refractivity contribution in [1.82, 2.24) is 25.0 Å². The molecule has 1 saturated carbocycles. The van der Waals surface area contributed by atoms with Crippen LogP contribution < -0.4 is 10.6 Å². The SMILES string of the molecule is c1cnn(-c2ccc(Nc3nc(NC4CC4)c4occc4n3)cc2)n1. The summed E-state index contributed by atoms with van der Waals surface area (Å²) >= 11 is 0. The fourth-order valence-corrected chi connectivity index (χ4v) is 2.59. The zero-order valence-corrected chi connectivity index (χ0v) is 13.3. The lowest BCUT2D eigenvalue weighted by Crippen LogP contribution is -2.06. The summed E-state index contributed by atoms with van der Waals surface area (Å²) in [4.78, 5) is 10.6. The Morgan fingerprint density at radius 1 is 1.00 bits per heavy atom. The van der Waals surface area contributed by atoms with Crippen molar-refractivity contribution in [2.75, 3.05) is 10.6 Å². The van der Waals surface area contributed by atoms with Crippen molar-refractivity contribution >= 4 is 28.6 Å². The van der Waals surface area contributed by atoms with Gasteiger partial charge in [-0.15, -0.1) is 0 Å². The van der Waals surface area contributed by atoms with Crippen molar-refractivity contribution in [1.29, 1.82) is 0 Å². The van der Waals surface area contributed by atoms with E-state index in [0.29, 0.717) is 17.6 Å². The van der Waals surface area contributed by atoms with E-state index in [9.17, 15) is 0 Å². The maximum Gasteiger partial charge on any atom is 0.229 e. The van der Waals surface area contributed by atoms with Gasteiger partial charge in [-0.3, -0.25) is 0 Å². The maximum absolute atomic E-state index is 5.51. The van der Waals surface area contributed by atoms with Crippen LogP contribution in [-0.4, -0.2) is 31.0 Å². The fourth-order valence-electron chi connectivity index (χ4n) is 2.59. The first-order valence-electron chi connectivity index (χ1n) is 8.11. The molecule has 124 valence electrons. The minimum atomic E-state index is 0.483. The minimum absolute atomic E-state index is 0.483. The van der Waals surface area contributed by atoms with E-state index in [1.807, 2.05) is 30.3 Å². The van der Waals surface area contributed by atoms with Crippen LogP contribution in [0.2, 0.25) is 0 Å². The monoisotopic (exact) mass is 333 g/mol. The van der Waals surface area contributed by atoms with Crippen LogP contribution in [0, 0.1) is 0 Å². The Hall–Kier alpha value is -3.42. The van der Waals surface area contributed by atoms with Crippen LogP contribution in [-0.2, 0) is 0 Å². The van der Waals surface area contributed by atoms with Crippen molar-refractivity contribution in [2.45, 2.75) is 18.9 Å². The molecule has 1 aliphatic carbocycles. The van der Waals surface area contributed by atoms with E-state index in [0.717, 1.165) is 35.6 Å². The second kappa shape index (κ2) is 5.59. The van der Waals surface area contributed by atoms with Gasteiger partial charge in [0.25, 0.3) is 0 Å². The quantitative estimate of drug-likeness (QED) is 0.579. The van der Waals surface area contributed by atoms with Crippen LogP contribution in [0.4, 0.5) is 17.5 Å². The van der Waals surface area contributed by atoms with Crippen LogP contribution in [0.25, 0.3) is 16.8 Å². The van der Waals surface area contributed by atoms with Crippen molar-refractivity contribution in [2.24, 2.45) is 0 Å². The van der Waals surface area contributed by atoms with Gasteiger partial charge in [0.1, 0.15) is 5.52 Å². The lowest BCUT2D eigenvalue weighted by Gasteiger charge is -2.09. The highest BCUT2D eigenvalue weighted by Crippen LogP contribution is 2.30. The van der Waals surface area contributed by atoms with Crippen LogP contribution in [0.3, 0.4) is 0 Å². The molecule has 1 aliphatic rings. The fraction of sp³-hybridized carbons (Fsp3) is 0.176. The molecular formula is C17H15N7O. The molecule has 3 heterocycles. The first-order chi connectivity index (χ1) is 12.3. The third-order valence-electron chi connectivity index (χ3n) is 3.99. The lowest BCUT2D eigenvalue weighted by atomic mass is 10.3. The molecule has 1 aromatic carbocycles. The molecule has 2 N–H and O–H groups in total. The van der Waals surface area contributed by atoms with E-state index in [1.165, 1.54) is 0 Å². The number of benzene rings is 1. The Bertz CT molecular complexity index is 1000. The number of hydrogen-bond acceptors (Lipinski definition) is 7. The molecule has 5 rings (SSSR count). The molecule has 0 radical (unpaired) electrons. The standard InChI is InChI=1S/C17H15N7O/c1-2-11(1)20-16-15-14(7-10-25-15)22-17(23-16)21-12-3-5-13(6-4-12)24-18-8-9-19-24/h3-11H,1-2H2,(H2,20,21,22,23). The number of anilines is 3. The van der Waals surface area contributed by atoms with Gasteiger partial charge in [0.05, 0.1) is 24.3 Å². The molecule has 25 heavy (non-hydrogen) atoms. The van der Waals surface area contributed by atoms with Crippen LogP contribution in [0.15, 0.2) is 53.4 Å². The molecule has 4 aromatic rings. The number of fused-ring (bicyclic) bond motifs is 1. The Kier molecular flexibility index (Phi) is 3.12. The molecule has 8 heteroatoms. The zero-order chi connectivity index (χ0) is 16.6. The topological polar surface area (TPSA) is 93.7 Å². The second-order valence-corrected chi connectivity index (χ2v) is 5.94. The summed E-state index contributed by atoms with van der Waals surface area (Å²) in [7, 11) is 0. The third kappa shape index (κ3) is 2.78. The van der Waals surface area contributed by atoms with E-state index >= 15 is 0 Å². The number of rotatable bonds is 5. The van der Waals surface area contributed by atoms with E-state index < -0.39 is 0 Å². The van der Waals surface area contributed by atoms with Crippen molar-refractivity contribution in [3.63, 3.8) is 0 Å². The molecule has 0 unspecified atom stereocenters. The smallest absolute Gasteiger partial charge is 0.229 e. The maximum atomic E-state index is 5.51. The molecule has 3 aromatic heterocycles. The van der Waals surface area contributed by atoms with Crippen molar-refractivity contribution < 1.29 is 4.42 Å². The van der Waals surface area contributed by atoms with Crippen LogP contribution in [0.1, 0.15) is 12.8 Å². The number of furan rings is 1. The summed E-state index contributed by atoms with van der Waals surface area (Å²) in [6.07, 6.45) is 7.26. The number of nitrogens with zero attached hydrogens (tertiary/aromatic N) is 5. The zero-order valence-electron chi connectivity index (χ0n) is 13.3. The van der Waals surface area contributed by atoms with Gasteiger partial charge in [-0.25, -0.2) is 4.98 Å². The summed E-state index contributed by atoms with van der Waals surface area (Å²) in [5.74, 6) is 1.26. The molecule has 0 atom stereocenters. The third-order valence-corrected chi connectivity index (χ3v) is 3.99. The molecular weight excluding hydrogens is 318 g/mol. The predicted molar refractivity (Wildman–Crippen MR) is 93.1 cm³/mol. The van der Waals surface area contributed by atoms with E-state index in [1.54, 1.807) is 23.5 Å². The lowest BCUT2D eigenvalue weighted by molar-refractivity contribution is 0.614. The van der Waals surface area contributed by atoms with E-state index in [4.69, 9.17) is 4.42 Å². The van der Waals surface area contributed by atoms with Gasteiger partial charge in [-0.2, -0.15) is 20.0 Å². The first-order valence-corrected chi connectivity index (χ1v) is 8.11. The average molecular weight is 333 g/mol. The van der Waals surface area contributed by atoms with Gasteiger partial charge in [-0.1, -0.05) is 0 Å². The molecule has 1 fully saturated rings. The largest absolute Gasteiger partial charge is 0.459 e. The summed E-state index contributed by atoms with van der Waals surface area (Å²) in [6, 6.07) is 10.1. The second-order valence-electron chi connectivity index (χ2n) is 5.94. The minimum Gasteiger partial charge on any atom is -0.459 e. The molecule has 0 aliphatic heterocycles. The normalized spacial score (nSPS) is 13.9. The van der Waals surface area contributed by atoms with Crippen molar-refractivity contribution in [3.8, 4) is 5.69 Å². The van der Waals surface area contributed by atoms with Gasteiger partial charge >= 0.3 is 0 Å². The number of hydrogen-bond donors (Lipinski definition) is 2. The Balaban J connectivity index is 1.43. The van der Waals surface area contributed by atoms with Crippen molar-refractivity contribution in [3.05, 3.63) is 49.0 Å². The van der Waals surface area contributed by atoms with Gasteiger partial charge in [0, 0.05) is 17.8 Å². The number of nitrogens with one attached hydrogen (secondary N) is 2. The highest BCUT2D eigenvalue weighted by molar-refractivity contribution is 5.85. The average Bonchev–Trinajstić information content (AvgIpc) is 3.11. The summed E-state index contributed by atoms with van der Waals surface area (Å²) in [5.41, 5.74) is 3.24. The highest BCUT2D eigenvalue weighted by Gasteiger charge is 2.23. The van der Waals surface area contributed by atoms with E-state index in [2.05, 4.69) is 30.8 Å². The summed E-state index contributed by atoms with van der Waals surface area (Å²) in [5, 5.41) is 14.9. The summed E-state index contributed by atoms with van der Waals surface area (Å²) < 4.78 is 5.51. The van der Waals surface area contributed by atoms with Gasteiger partial charge < -0.3 is 15.1 Å². The van der Waals surface area contributed by atoms with Crippen LogP contribution in [0.5, 0.6) is 0 Å². The molecule has 0 spiro atoms. The van der Waals surface area contributed by atoms with Gasteiger partial charge in [-0.05, 0) is 37.1 Å². The molecule has 8 nitrogen and oxygen atoms in total. The van der Waals surface area contributed by atoms with Gasteiger partial charge in [0.2, 0.25) is 5.95 Å². The molecule has 0 saturated heterocycles. The number of aromatic nitrogens is 5. The molecule has 0 bridgehead atoms. The van der Waals surface area contributed by atoms with Gasteiger partial charge in [0.15, 0.2) is 11.4 Å². The highest BCUT2D eigenvalue weighted by atomic mass is 16.3. The Morgan fingerprint density at radius 2 is 1.80 bits per heavy atom. The Labute approximate surface area is 142 Å². The van der Waals surface area contributed by atoms with E-state index in [-0.39, 0.29) is 0 Å². The predicted octanol–water partition coefficient (Wildman–Crippen LogP) is 3.12. The molecule has 0 amide bonds. The van der Waals surface area contributed by atoms with Crippen LogP contribution >= 0.6 is 0 Å².